The van der Waals surface area contributed by atoms with Gasteiger partial charge in [-0.1, -0.05) is 17.7 Å². The third-order valence-corrected chi connectivity index (χ3v) is 6.48. The van der Waals surface area contributed by atoms with Crippen molar-refractivity contribution in [2.24, 2.45) is 0 Å². The average molecular weight is 479 g/mol. The number of rotatable bonds is 3. The lowest BCUT2D eigenvalue weighted by molar-refractivity contribution is -0.136. The van der Waals surface area contributed by atoms with E-state index >= 15 is 0 Å². The van der Waals surface area contributed by atoms with Crippen LogP contribution in [0.25, 0.3) is 22.3 Å². The number of thiazole rings is 1. The Bertz CT molecular complexity index is 1330. The summed E-state index contributed by atoms with van der Waals surface area (Å²) in [5, 5.41) is -0.168. The number of fused-ring (bicyclic) bond motifs is 1. The van der Waals surface area contributed by atoms with E-state index in [0.29, 0.717) is 25.1 Å². The van der Waals surface area contributed by atoms with Crippen LogP contribution in [0, 0.1) is 0 Å². The monoisotopic (exact) mass is 478 g/mol. The number of hydrogen-bond donors (Lipinski definition) is 0. The van der Waals surface area contributed by atoms with Gasteiger partial charge in [0.1, 0.15) is 5.15 Å². The maximum atomic E-state index is 13.8. The topological polar surface area (TPSA) is 63.6 Å². The van der Waals surface area contributed by atoms with Crippen molar-refractivity contribution >= 4 is 40.1 Å². The zero-order valence-electron chi connectivity index (χ0n) is 16.3. The van der Waals surface area contributed by atoms with Crippen LogP contribution in [0.5, 0.6) is 0 Å². The molecule has 4 aromatic rings. The highest BCUT2D eigenvalue weighted by Crippen LogP contribution is 2.37. The molecule has 0 saturated heterocycles. The third-order valence-electron chi connectivity index (χ3n) is 5.27. The first-order valence-electron chi connectivity index (χ1n) is 9.51. The molecule has 6 nitrogen and oxygen atoms in total. The Balaban J connectivity index is 1.54. The van der Waals surface area contributed by atoms with Gasteiger partial charge in [0.2, 0.25) is 0 Å². The Morgan fingerprint density at radius 2 is 2.12 bits per heavy atom. The molecule has 0 unspecified atom stereocenters. The Labute approximate surface area is 188 Å². The van der Waals surface area contributed by atoms with E-state index in [4.69, 9.17) is 16.0 Å². The zero-order chi connectivity index (χ0) is 22.5. The highest BCUT2D eigenvalue weighted by atomic mass is 35.5. The van der Waals surface area contributed by atoms with Crippen LogP contribution in [-0.2, 0) is 6.18 Å². The van der Waals surface area contributed by atoms with E-state index in [1.807, 2.05) is 6.08 Å². The smallest absolute Gasteiger partial charge is 0.420 e. The van der Waals surface area contributed by atoms with Gasteiger partial charge < -0.3 is 9.32 Å². The van der Waals surface area contributed by atoms with Crippen LogP contribution in [-0.4, -0.2) is 38.3 Å². The lowest BCUT2D eigenvalue weighted by atomic mass is 10.1. The molecule has 0 aromatic carbocycles. The maximum Gasteiger partial charge on any atom is 0.420 e. The van der Waals surface area contributed by atoms with Crippen molar-refractivity contribution in [3.63, 3.8) is 0 Å². The fourth-order valence-corrected chi connectivity index (χ4v) is 4.60. The Morgan fingerprint density at radius 1 is 1.28 bits per heavy atom. The lowest BCUT2D eigenvalue weighted by Gasteiger charge is -2.25. The zero-order valence-corrected chi connectivity index (χ0v) is 17.8. The van der Waals surface area contributed by atoms with Crippen molar-refractivity contribution in [3.8, 4) is 11.1 Å². The summed E-state index contributed by atoms with van der Waals surface area (Å²) in [6.07, 6.45) is 3.71. The van der Waals surface area contributed by atoms with Gasteiger partial charge >= 0.3 is 6.18 Å². The minimum atomic E-state index is -4.69. The minimum Gasteiger partial charge on any atom is -0.472 e. The number of imidazole rings is 1. The largest absolute Gasteiger partial charge is 0.472 e. The highest BCUT2D eigenvalue weighted by Gasteiger charge is 2.36. The van der Waals surface area contributed by atoms with Crippen LogP contribution < -0.4 is 0 Å². The van der Waals surface area contributed by atoms with Crippen LogP contribution in [0.4, 0.5) is 13.2 Å². The van der Waals surface area contributed by atoms with Crippen LogP contribution in [0.3, 0.4) is 0 Å². The Morgan fingerprint density at radius 3 is 2.75 bits per heavy atom. The summed E-state index contributed by atoms with van der Waals surface area (Å²) in [6, 6.07) is 2.52. The Kier molecular flexibility index (Phi) is 5.06. The Hall–Kier alpha value is -3.11. The first-order valence-corrected chi connectivity index (χ1v) is 10.8. The number of alkyl halides is 3. The molecule has 4 aromatic heterocycles. The number of carbonyl (C=O) groups is 1. The standard InChI is InChI=1S/C21H14ClF3N4O2S/c22-18-17(20(30)28-4-1-12(2-5-28)16-8-26-11-32-16)27-19-15(21(23,24)25)7-14(9-29(18)19)13-3-6-31-10-13/h1,3,6-11H,2,4-5H2. The predicted molar refractivity (Wildman–Crippen MR) is 114 cm³/mol. The highest BCUT2D eigenvalue weighted by molar-refractivity contribution is 7.10. The van der Waals surface area contributed by atoms with Gasteiger partial charge in [-0.25, -0.2) is 4.98 Å². The van der Waals surface area contributed by atoms with Gasteiger partial charge in [0.25, 0.3) is 5.91 Å². The first-order chi connectivity index (χ1) is 15.3. The molecule has 0 spiro atoms. The summed E-state index contributed by atoms with van der Waals surface area (Å²) in [6.45, 7) is 0.710. The average Bonchev–Trinajstić information content (AvgIpc) is 3.54. The molecule has 0 radical (unpaired) electrons. The van der Waals surface area contributed by atoms with E-state index in [1.54, 1.807) is 17.8 Å². The van der Waals surface area contributed by atoms with Crippen LogP contribution in [0.15, 0.2) is 53.1 Å². The first kappa shape index (κ1) is 20.8. The van der Waals surface area contributed by atoms with Gasteiger partial charge in [0.05, 0.1) is 23.6 Å². The third kappa shape index (κ3) is 3.59. The number of hydrogen-bond acceptors (Lipinski definition) is 5. The van der Waals surface area contributed by atoms with Crippen molar-refractivity contribution in [2.45, 2.75) is 12.6 Å². The fourth-order valence-electron chi connectivity index (χ4n) is 3.65. The van der Waals surface area contributed by atoms with Crippen LogP contribution >= 0.6 is 22.9 Å². The molecule has 0 N–H and O–H groups in total. The minimum absolute atomic E-state index is 0.168. The molecule has 0 atom stereocenters. The molecule has 5 heterocycles. The summed E-state index contributed by atoms with van der Waals surface area (Å²) in [5.74, 6) is -0.517. The normalized spacial score (nSPS) is 14.8. The van der Waals surface area contributed by atoms with E-state index in [1.165, 1.54) is 35.0 Å². The van der Waals surface area contributed by atoms with E-state index < -0.39 is 23.3 Å². The molecule has 11 heteroatoms. The number of halogens is 4. The molecule has 0 bridgehead atoms. The van der Waals surface area contributed by atoms with Gasteiger partial charge in [-0.3, -0.25) is 14.2 Å². The quantitative estimate of drug-likeness (QED) is 0.381. The van der Waals surface area contributed by atoms with Crippen molar-refractivity contribution in [3.05, 3.63) is 69.9 Å². The van der Waals surface area contributed by atoms with Crippen molar-refractivity contribution < 1.29 is 22.4 Å². The molecule has 0 aliphatic carbocycles. The fraction of sp³-hybridized carbons (Fsp3) is 0.190. The molecule has 32 heavy (non-hydrogen) atoms. The summed E-state index contributed by atoms with van der Waals surface area (Å²) >= 11 is 7.89. The molecular weight excluding hydrogens is 465 g/mol. The van der Waals surface area contributed by atoms with Gasteiger partial charge in [-0.05, 0) is 24.1 Å². The predicted octanol–water partition coefficient (Wildman–Crippen LogP) is 5.65. The molecule has 1 aliphatic heterocycles. The van der Waals surface area contributed by atoms with E-state index in [2.05, 4.69) is 9.97 Å². The molecule has 0 saturated carbocycles. The molecular formula is C21H14ClF3N4O2S. The van der Waals surface area contributed by atoms with Crippen molar-refractivity contribution in [1.29, 1.82) is 0 Å². The molecule has 164 valence electrons. The summed E-state index contributed by atoms with van der Waals surface area (Å²) in [7, 11) is 0. The van der Waals surface area contributed by atoms with E-state index in [0.717, 1.165) is 20.9 Å². The van der Waals surface area contributed by atoms with Gasteiger partial charge in [-0.2, -0.15) is 13.2 Å². The second-order valence-electron chi connectivity index (χ2n) is 7.19. The molecule has 0 fully saturated rings. The number of pyridine rings is 1. The van der Waals surface area contributed by atoms with Gasteiger partial charge in [0, 0.05) is 41.5 Å². The maximum absolute atomic E-state index is 13.8. The number of carbonyl (C=O) groups excluding carboxylic acids is 1. The summed E-state index contributed by atoms with van der Waals surface area (Å²) in [5.41, 5.74) is 1.90. The van der Waals surface area contributed by atoms with Crippen LogP contribution in [0.1, 0.15) is 27.3 Å². The molecule has 1 aliphatic rings. The number of nitrogens with zero attached hydrogens (tertiary/aromatic N) is 4. The summed E-state index contributed by atoms with van der Waals surface area (Å²) in [4.78, 5) is 23.7. The number of furan rings is 1. The van der Waals surface area contributed by atoms with E-state index in [-0.39, 0.29) is 16.4 Å². The van der Waals surface area contributed by atoms with Crippen molar-refractivity contribution in [2.75, 3.05) is 13.1 Å². The van der Waals surface area contributed by atoms with Gasteiger partial charge in [0.15, 0.2) is 11.3 Å². The molecule has 5 rings (SSSR count). The number of amides is 1. The van der Waals surface area contributed by atoms with Crippen LogP contribution in [0.2, 0.25) is 5.15 Å². The SMILES string of the molecule is O=C(c1nc2c(C(F)(F)F)cc(-c3ccoc3)cn2c1Cl)N1CC=C(c2cncs2)CC1. The van der Waals surface area contributed by atoms with E-state index in [9.17, 15) is 18.0 Å². The second kappa shape index (κ2) is 7.79. The molecule has 1 amide bonds. The number of aromatic nitrogens is 3. The van der Waals surface area contributed by atoms with Gasteiger partial charge in [-0.15, -0.1) is 11.3 Å². The summed E-state index contributed by atoms with van der Waals surface area (Å²) < 4.78 is 47.4. The lowest BCUT2D eigenvalue weighted by Crippen LogP contribution is -2.35. The second-order valence-corrected chi connectivity index (χ2v) is 8.44. The van der Waals surface area contributed by atoms with Crippen molar-refractivity contribution in [1.82, 2.24) is 19.3 Å².